The van der Waals surface area contributed by atoms with Crippen molar-refractivity contribution in [3.8, 4) is 0 Å². The highest BCUT2D eigenvalue weighted by Crippen LogP contribution is 2.07. The Kier molecular flexibility index (Phi) is 7.03. The molecule has 66 valence electrons. The topological polar surface area (TPSA) is 47.9 Å². The Labute approximate surface area is 66.8 Å². The van der Waals surface area contributed by atoms with Gasteiger partial charge in [-0.3, -0.25) is 0 Å². The molecule has 0 N–H and O–H groups in total. The van der Waals surface area contributed by atoms with Crippen LogP contribution in [0.3, 0.4) is 0 Å². The molecule has 0 aliphatic rings. The van der Waals surface area contributed by atoms with Crippen LogP contribution in [0.25, 0.3) is 0 Å². The summed E-state index contributed by atoms with van der Waals surface area (Å²) in [5, 5.41) is 2.31. The highest BCUT2D eigenvalue weighted by molar-refractivity contribution is 4.44. The molecule has 1 atom stereocenters. The van der Waals surface area contributed by atoms with E-state index in [1.807, 2.05) is 0 Å². The molecule has 0 saturated carbocycles. The third-order valence-corrected chi connectivity index (χ3v) is 1.47. The Hall–Kier alpha value is -0.640. The highest BCUT2D eigenvalue weighted by Gasteiger charge is 2.06. The Morgan fingerprint density at radius 3 is 2.64 bits per heavy atom. The normalized spacial score (nSPS) is 12.5. The van der Waals surface area contributed by atoms with Gasteiger partial charge in [-0.2, -0.15) is 0 Å². The number of methoxy groups -OCH3 is 1. The van der Waals surface area contributed by atoms with Gasteiger partial charge in [-0.1, -0.05) is 19.8 Å². The minimum atomic E-state index is -0.459. The summed E-state index contributed by atoms with van der Waals surface area (Å²) in [6, 6.07) is 0. The van der Waals surface area contributed by atoms with E-state index >= 15 is 0 Å². The van der Waals surface area contributed by atoms with Gasteiger partial charge in [0.15, 0.2) is 5.34 Å². The first-order valence-electron chi connectivity index (χ1n) is 3.86. The molecule has 4 heteroatoms. The van der Waals surface area contributed by atoms with Crippen LogP contribution >= 0.6 is 0 Å². The standard InChI is InChI=1S/C7H15NO3/c1-3-4-5-6-7(10-2)11-8-9/h7H,3-6H2,1-2H3. The zero-order valence-corrected chi connectivity index (χ0v) is 7.08. The van der Waals surface area contributed by atoms with Gasteiger partial charge < -0.3 is 9.57 Å². The lowest BCUT2D eigenvalue weighted by atomic mass is 10.2. The van der Waals surface area contributed by atoms with Gasteiger partial charge in [0, 0.05) is 13.5 Å². The largest absolute Gasteiger partial charge is 0.344 e. The van der Waals surface area contributed by atoms with Crippen LogP contribution in [-0.2, 0) is 9.57 Å². The third kappa shape index (κ3) is 5.79. The summed E-state index contributed by atoms with van der Waals surface area (Å²) < 4.78 is 4.82. The van der Waals surface area contributed by atoms with Crippen LogP contribution in [0.1, 0.15) is 32.6 Å². The molecule has 0 spiro atoms. The van der Waals surface area contributed by atoms with Crippen LogP contribution in [0, 0.1) is 4.91 Å². The maximum absolute atomic E-state index is 9.65. The van der Waals surface area contributed by atoms with Crippen molar-refractivity contribution in [1.29, 1.82) is 0 Å². The van der Waals surface area contributed by atoms with Gasteiger partial charge in [-0.15, -0.1) is 4.91 Å². The smallest absolute Gasteiger partial charge is 0.229 e. The molecule has 0 aromatic heterocycles. The van der Waals surface area contributed by atoms with Gasteiger partial charge >= 0.3 is 0 Å². The highest BCUT2D eigenvalue weighted by atomic mass is 16.8. The average molecular weight is 161 g/mol. The van der Waals surface area contributed by atoms with E-state index in [2.05, 4.69) is 17.1 Å². The van der Waals surface area contributed by atoms with Crippen molar-refractivity contribution in [3.05, 3.63) is 4.91 Å². The summed E-state index contributed by atoms with van der Waals surface area (Å²) in [4.78, 5) is 14.0. The lowest BCUT2D eigenvalue weighted by Crippen LogP contribution is -2.11. The molecule has 0 aromatic carbocycles. The third-order valence-electron chi connectivity index (χ3n) is 1.47. The first-order chi connectivity index (χ1) is 5.35. The second kappa shape index (κ2) is 7.47. The summed E-state index contributed by atoms with van der Waals surface area (Å²) in [6.07, 6.45) is 3.55. The minimum absolute atomic E-state index is 0.459. The van der Waals surface area contributed by atoms with Gasteiger partial charge in [-0.25, -0.2) is 0 Å². The molecule has 11 heavy (non-hydrogen) atoms. The molecule has 0 saturated heterocycles. The Bertz CT molecular complexity index is 97.7. The maximum atomic E-state index is 9.65. The monoisotopic (exact) mass is 161 g/mol. The van der Waals surface area contributed by atoms with Crippen LogP contribution in [0.4, 0.5) is 0 Å². The van der Waals surface area contributed by atoms with Crippen molar-refractivity contribution in [2.75, 3.05) is 7.11 Å². The number of nitrogens with zero attached hydrogens (tertiary/aromatic N) is 1. The summed E-state index contributed by atoms with van der Waals surface area (Å²) in [5.74, 6) is 0. The SMILES string of the molecule is CCCCCC(OC)ON=O. The van der Waals surface area contributed by atoms with E-state index in [1.54, 1.807) is 0 Å². The molecule has 0 rings (SSSR count). The molecular weight excluding hydrogens is 146 g/mol. The van der Waals surface area contributed by atoms with E-state index in [-0.39, 0.29) is 0 Å². The number of rotatable bonds is 7. The van der Waals surface area contributed by atoms with E-state index < -0.39 is 6.29 Å². The van der Waals surface area contributed by atoms with Crippen molar-refractivity contribution in [2.45, 2.75) is 38.9 Å². The Morgan fingerprint density at radius 2 is 2.18 bits per heavy atom. The first-order valence-corrected chi connectivity index (χ1v) is 3.86. The Morgan fingerprint density at radius 1 is 1.45 bits per heavy atom. The number of unbranched alkanes of at least 4 members (excludes halogenated alkanes) is 2. The van der Waals surface area contributed by atoms with Gasteiger partial charge in [0.1, 0.15) is 0 Å². The van der Waals surface area contributed by atoms with E-state index in [0.717, 1.165) is 25.7 Å². The fourth-order valence-corrected chi connectivity index (χ4v) is 0.823. The first kappa shape index (κ1) is 10.4. The van der Waals surface area contributed by atoms with Gasteiger partial charge in [0.2, 0.25) is 6.29 Å². The average Bonchev–Trinajstić information content (AvgIpc) is 2.03. The van der Waals surface area contributed by atoms with Crippen molar-refractivity contribution < 1.29 is 9.57 Å². The molecular formula is C7H15NO3. The van der Waals surface area contributed by atoms with Crippen LogP contribution < -0.4 is 0 Å². The van der Waals surface area contributed by atoms with Crippen LogP contribution in [0.2, 0.25) is 0 Å². The van der Waals surface area contributed by atoms with Crippen molar-refractivity contribution in [2.24, 2.45) is 5.34 Å². The second-order valence-electron chi connectivity index (χ2n) is 2.34. The summed E-state index contributed by atoms with van der Waals surface area (Å²) in [5.41, 5.74) is 0. The quantitative estimate of drug-likeness (QED) is 0.249. The lowest BCUT2D eigenvalue weighted by molar-refractivity contribution is -0.129. The molecule has 0 amide bonds. The number of hydrogen-bond donors (Lipinski definition) is 0. The zero-order chi connectivity index (χ0) is 8.53. The molecule has 0 aliphatic carbocycles. The predicted octanol–water partition coefficient (Wildman–Crippen LogP) is 2.24. The molecule has 0 bridgehead atoms. The van der Waals surface area contributed by atoms with E-state index in [9.17, 15) is 4.91 Å². The molecule has 0 aromatic rings. The molecule has 1 unspecified atom stereocenters. The summed E-state index contributed by atoms with van der Waals surface area (Å²) in [7, 11) is 1.50. The molecule has 0 aliphatic heterocycles. The van der Waals surface area contributed by atoms with E-state index in [4.69, 9.17) is 4.74 Å². The predicted molar refractivity (Wildman–Crippen MR) is 41.8 cm³/mol. The van der Waals surface area contributed by atoms with Crippen LogP contribution in [-0.4, -0.2) is 13.4 Å². The maximum Gasteiger partial charge on any atom is 0.229 e. The van der Waals surface area contributed by atoms with E-state index in [0.29, 0.717) is 0 Å². The molecule has 4 nitrogen and oxygen atoms in total. The minimum Gasteiger partial charge on any atom is -0.344 e. The zero-order valence-electron chi connectivity index (χ0n) is 7.08. The van der Waals surface area contributed by atoms with Crippen molar-refractivity contribution >= 4 is 0 Å². The molecule has 0 fully saturated rings. The second-order valence-corrected chi connectivity index (χ2v) is 2.34. The van der Waals surface area contributed by atoms with Crippen LogP contribution in [0.15, 0.2) is 5.34 Å². The molecule has 0 heterocycles. The van der Waals surface area contributed by atoms with Crippen LogP contribution in [0.5, 0.6) is 0 Å². The summed E-state index contributed by atoms with van der Waals surface area (Å²) >= 11 is 0. The number of hydrogen-bond acceptors (Lipinski definition) is 4. The summed E-state index contributed by atoms with van der Waals surface area (Å²) in [6.45, 7) is 2.11. The fraction of sp³-hybridized carbons (Fsp3) is 1.00. The van der Waals surface area contributed by atoms with Crippen molar-refractivity contribution in [3.63, 3.8) is 0 Å². The van der Waals surface area contributed by atoms with Gasteiger partial charge in [-0.05, 0) is 6.42 Å². The van der Waals surface area contributed by atoms with Crippen molar-refractivity contribution in [1.82, 2.24) is 0 Å². The Balaban J connectivity index is 3.27. The van der Waals surface area contributed by atoms with Gasteiger partial charge in [0.25, 0.3) is 0 Å². The van der Waals surface area contributed by atoms with Gasteiger partial charge in [0.05, 0.1) is 0 Å². The molecule has 0 radical (unpaired) electrons. The van der Waals surface area contributed by atoms with E-state index in [1.165, 1.54) is 7.11 Å². The lowest BCUT2D eigenvalue weighted by Gasteiger charge is -2.09. The fourth-order valence-electron chi connectivity index (χ4n) is 0.823. The number of ether oxygens (including phenoxy) is 1.